The number of thiazole rings is 1. The molecule has 3 rings (SSSR count). The summed E-state index contributed by atoms with van der Waals surface area (Å²) in [6, 6.07) is 5.71. The zero-order valence-electron chi connectivity index (χ0n) is 11.3. The molecule has 0 atom stereocenters. The molecule has 6 heteroatoms. The van der Waals surface area contributed by atoms with Crippen molar-refractivity contribution >= 4 is 17.2 Å². The van der Waals surface area contributed by atoms with Crippen LogP contribution in [0.4, 0.5) is 0 Å². The zero-order valence-corrected chi connectivity index (χ0v) is 12.1. The maximum atomic E-state index is 12.5. The molecule has 0 unspecified atom stereocenters. The fraction of sp³-hybridized carbons (Fsp3) is 0.357. The van der Waals surface area contributed by atoms with Gasteiger partial charge in [-0.3, -0.25) is 9.78 Å². The summed E-state index contributed by atoms with van der Waals surface area (Å²) in [4.78, 5) is 23.9. The second-order valence-corrected chi connectivity index (χ2v) is 5.69. The first-order valence-corrected chi connectivity index (χ1v) is 7.46. The van der Waals surface area contributed by atoms with Crippen LogP contribution >= 0.6 is 11.3 Å². The van der Waals surface area contributed by atoms with Crippen LogP contribution in [0.25, 0.3) is 10.7 Å². The first kappa shape index (κ1) is 13.2. The molecular formula is C14H16N4OS. The number of aryl methyl sites for hydroxylation is 1. The van der Waals surface area contributed by atoms with Crippen LogP contribution in [0, 0.1) is 6.92 Å². The third kappa shape index (κ3) is 2.57. The number of rotatable bonds is 2. The average Bonchev–Trinajstić information content (AvgIpc) is 2.90. The number of hydrogen-bond acceptors (Lipinski definition) is 5. The molecule has 0 aliphatic carbocycles. The molecule has 20 heavy (non-hydrogen) atoms. The van der Waals surface area contributed by atoms with Crippen molar-refractivity contribution in [2.75, 3.05) is 26.2 Å². The first-order valence-electron chi connectivity index (χ1n) is 6.64. The molecule has 0 radical (unpaired) electrons. The minimum Gasteiger partial charge on any atom is -0.335 e. The van der Waals surface area contributed by atoms with Crippen molar-refractivity contribution in [1.29, 1.82) is 0 Å². The predicted octanol–water partition coefficient (Wildman–Crippen LogP) is 1.56. The van der Waals surface area contributed by atoms with Crippen molar-refractivity contribution in [3.63, 3.8) is 0 Å². The van der Waals surface area contributed by atoms with Crippen molar-refractivity contribution in [3.8, 4) is 10.7 Å². The number of aromatic nitrogens is 2. The molecule has 1 N–H and O–H groups in total. The maximum absolute atomic E-state index is 12.5. The molecule has 104 valence electrons. The third-order valence-corrected chi connectivity index (χ3v) is 4.45. The van der Waals surface area contributed by atoms with Crippen LogP contribution in [0.2, 0.25) is 0 Å². The number of carbonyl (C=O) groups is 1. The highest BCUT2D eigenvalue weighted by atomic mass is 32.1. The number of amides is 1. The van der Waals surface area contributed by atoms with Crippen molar-refractivity contribution in [3.05, 3.63) is 35.0 Å². The second-order valence-electron chi connectivity index (χ2n) is 4.69. The second kappa shape index (κ2) is 5.68. The standard InChI is InChI=1S/C14H16N4OS/c1-10-12(14(19)18-8-6-15-7-9-18)20-13(17-10)11-4-2-3-5-16-11/h2-5,15H,6-9H2,1H3. The molecule has 0 aromatic carbocycles. The summed E-state index contributed by atoms with van der Waals surface area (Å²) < 4.78 is 0. The smallest absolute Gasteiger partial charge is 0.265 e. The highest BCUT2D eigenvalue weighted by Gasteiger charge is 2.23. The SMILES string of the molecule is Cc1nc(-c2ccccn2)sc1C(=O)N1CCNCC1. The summed E-state index contributed by atoms with van der Waals surface area (Å²) in [6.07, 6.45) is 1.74. The largest absolute Gasteiger partial charge is 0.335 e. The summed E-state index contributed by atoms with van der Waals surface area (Å²) in [6.45, 7) is 5.12. The first-order chi connectivity index (χ1) is 9.75. The summed E-state index contributed by atoms with van der Waals surface area (Å²) in [5, 5.41) is 4.06. The normalized spacial score (nSPS) is 15.3. The Kier molecular flexibility index (Phi) is 3.75. The molecule has 1 saturated heterocycles. The molecule has 1 amide bonds. The lowest BCUT2D eigenvalue weighted by molar-refractivity contribution is 0.0740. The van der Waals surface area contributed by atoms with Gasteiger partial charge in [-0.15, -0.1) is 11.3 Å². The average molecular weight is 288 g/mol. The van der Waals surface area contributed by atoms with E-state index >= 15 is 0 Å². The van der Waals surface area contributed by atoms with Crippen molar-refractivity contribution in [2.24, 2.45) is 0 Å². The van der Waals surface area contributed by atoms with Gasteiger partial charge < -0.3 is 10.2 Å². The number of pyridine rings is 1. The summed E-state index contributed by atoms with van der Waals surface area (Å²) in [5.74, 6) is 0.0867. The van der Waals surface area contributed by atoms with Gasteiger partial charge in [-0.25, -0.2) is 4.98 Å². The Morgan fingerprint density at radius 2 is 2.15 bits per heavy atom. The van der Waals surface area contributed by atoms with Gasteiger partial charge in [0.15, 0.2) is 0 Å². The fourth-order valence-electron chi connectivity index (χ4n) is 2.21. The van der Waals surface area contributed by atoms with Gasteiger partial charge in [0.2, 0.25) is 0 Å². The van der Waals surface area contributed by atoms with Crippen LogP contribution in [-0.2, 0) is 0 Å². The molecule has 0 spiro atoms. The molecule has 2 aromatic heterocycles. The van der Waals surface area contributed by atoms with Gasteiger partial charge in [0, 0.05) is 32.4 Å². The molecule has 1 aliphatic rings. The Balaban J connectivity index is 1.87. The Bertz CT molecular complexity index is 605. The van der Waals surface area contributed by atoms with Crippen LogP contribution in [-0.4, -0.2) is 47.0 Å². The molecule has 0 bridgehead atoms. The third-order valence-electron chi connectivity index (χ3n) is 3.28. The Hall–Kier alpha value is -1.79. The zero-order chi connectivity index (χ0) is 13.9. The van der Waals surface area contributed by atoms with Gasteiger partial charge in [0.1, 0.15) is 9.88 Å². The number of piperazine rings is 1. The van der Waals surface area contributed by atoms with E-state index in [9.17, 15) is 4.79 Å². The minimum absolute atomic E-state index is 0.0867. The quantitative estimate of drug-likeness (QED) is 0.911. The molecule has 2 aromatic rings. The van der Waals surface area contributed by atoms with Gasteiger partial charge in [-0.2, -0.15) is 0 Å². The highest BCUT2D eigenvalue weighted by molar-refractivity contribution is 7.17. The molecule has 0 saturated carbocycles. The van der Waals surface area contributed by atoms with E-state index in [0.29, 0.717) is 0 Å². The Morgan fingerprint density at radius 1 is 1.35 bits per heavy atom. The molecular weight excluding hydrogens is 272 g/mol. The van der Waals surface area contributed by atoms with E-state index in [4.69, 9.17) is 0 Å². The lowest BCUT2D eigenvalue weighted by Gasteiger charge is -2.26. The topological polar surface area (TPSA) is 58.1 Å². The van der Waals surface area contributed by atoms with Gasteiger partial charge in [-0.1, -0.05) is 6.07 Å². The van der Waals surface area contributed by atoms with Gasteiger partial charge in [0.05, 0.1) is 11.4 Å². The van der Waals surface area contributed by atoms with E-state index in [-0.39, 0.29) is 5.91 Å². The highest BCUT2D eigenvalue weighted by Crippen LogP contribution is 2.27. The number of nitrogens with one attached hydrogen (secondary N) is 1. The molecule has 3 heterocycles. The van der Waals surface area contributed by atoms with Gasteiger partial charge in [-0.05, 0) is 19.1 Å². The van der Waals surface area contributed by atoms with Crippen LogP contribution < -0.4 is 5.32 Å². The van der Waals surface area contributed by atoms with Crippen molar-refractivity contribution < 1.29 is 4.79 Å². The molecule has 1 aliphatic heterocycles. The van der Waals surface area contributed by atoms with Crippen molar-refractivity contribution in [2.45, 2.75) is 6.92 Å². The Morgan fingerprint density at radius 3 is 2.85 bits per heavy atom. The lowest BCUT2D eigenvalue weighted by atomic mass is 10.3. The van der Waals surface area contributed by atoms with E-state index in [1.807, 2.05) is 30.0 Å². The Labute approximate surface area is 121 Å². The fourth-order valence-corrected chi connectivity index (χ4v) is 3.22. The number of nitrogens with zero attached hydrogens (tertiary/aromatic N) is 3. The van der Waals surface area contributed by atoms with Crippen LogP contribution in [0.5, 0.6) is 0 Å². The van der Waals surface area contributed by atoms with E-state index in [1.165, 1.54) is 11.3 Å². The van der Waals surface area contributed by atoms with Gasteiger partial charge in [0.25, 0.3) is 5.91 Å². The van der Waals surface area contributed by atoms with Crippen LogP contribution in [0.1, 0.15) is 15.4 Å². The van der Waals surface area contributed by atoms with Crippen molar-refractivity contribution in [1.82, 2.24) is 20.2 Å². The maximum Gasteiger partial charge on any atom is 0.265 e. The van der Waals surface area contributed by atoms with E-state index in [2.05, 4.69) is 15.3 Å². The number of carbonyl (C=O) groups excluding carboxylic acids is 1. The lowest BCUT2D eigenvalue weighted by Crippen LogP contribution is -2.46. The minimum atomic E-state index is 0.0867. The van der Waals surface area contributed by atoms with E-state index in [0.717, 1.165) is 47.5 Å². The monoisotopic (exact) mass is 288 g/mol. The van der Waals surface area contributed by atoms with Crippen LogP contribution in [0.3, 0.4) is 0 Å². The predicted molar refractivity (Wildman–Crippen MR) is 78.9 cm³/mol. The van der Waals surface area contributed by atoms with E-state index in [1.54, 1.807) is 6.20 Å². The van der Waals surface area contributed by atoms with E-state index < -0.39 is 0 Å². The summed E-state index contributed by atoms with van der Waals surface area (Å²) in [7, 11) is 0. The summed E-state index contributed by atoms with van der Waals surface area (Å²) in [5.41, 5.74) is 1.61. The van der Waals surface area contributed by atoms with Gasteiger partial charge >= 0.3 is 0 Å². The number of hydrogen-bond donors (Lipinski definition) is 1. The van der Waals surface area contributed by atoms with Crippen LogP contribution in [0.15, 0.2) is 24.4 Å². The molecule has 5 nitrogen and oxygen atoms in total. The molecule has 1 fully saturated rings. The summed E-state index contributed by atoms with van der Waals surface area (Å²) >= 11 is 1.43.